The lowest BCUT2D eigenvalue weighted by Crippen LogP contribution is -2.50. The van der Waals surface area contributed by atoms with Gasteiger partial charge in [0.05, 0.1) is 6.61 Å². The van der Waals surface area contributed by atoms with E-state index in [1.165, 1.54) is 13.8 Å². The largest absolute Gasteiger partial charge is 0.494 e. The summed E-state index contributed by atoms with van der Waals surface area (Å²) in [5.74, 6) is -4.98. The first kappa shape index (κ1) is 15.8. The van der Waals surface area contributed by atoms with Crippen LogP contribution >= 0.6 is 0 Å². The molecule has 1 aromatic carbocycles. The van der Waals surface area contributed by atoms with Crippen LogP contribution in [-0.2, 0) is 23.9 Å². The normalized spacial score (nSPS) is 17.4. The van der Waals surface area contributed by atoms with Crippen LogP contribution in [0.15, 0.2) is 24.3 Å². The van der Waals surface area contributed by atoms with Crippen molar-refractivity contribution in [2.75, 3.05) is 11.9 Å². The number of carbonyl (C=O) groups is 3. The van der Waals surface area contributed by atoms with Crippen molar-refractivity contribution in [1.82, 2.24) is 0 Å². The second kappa shape index (κ2) is 6.05. The molecule has 0 unspecified atom stereocenters. The molecule has 7 nitrogen and oxygen atoms in total. The van der Waals surface area contributed by atoms with Gasteiger partial charge in [-0.1, -0.05) is 0 Å². The lowest BCUT2D eigenvalue weighted by atomic mass is 10.1. The number of amides is 1. The molecular formula is C15H17NO6. The molecule has 0 spiro atoms. The average molecular weight is 307 g/mol. The summed E-state index contributed by atoms with van der Waals surface area (Å²) < 4.78 is 15.1. The second-order valence-corrected chi connectivity index (χ2v) is 5.12. The van der Waals surface area contributed by atoms with Gasteiger partial charge in [-0.3, -0.25) is 14.4 Å². The maximum Gasteiger partial charge on any atom is 0.333 e. The molecule has 2 rings (SSSR count). The van der Waals surface area contributed by atoms with E-state index in [0.717, 1.165) is 0 Å². The van der Waals surface area contributed by atoms with E-state index in [4.69, 9.17) is 14.2 Å². The molecule has 1 aromatic rings. The summed E-state index contributed by atoms with van der Waals surface area (Å²) in [5.41, 5.74) is 0.430. The van der Waals surface area contributed by atoms with Crippen molar-refractivity contribution in [3.63, 3.8) is 0 Å². The number of nitrogens with one attached hydrogen (secondary N) is 1. The van der Waals surface area contributed by atoms with E-state index in [9.17, 15) is 14.4 Å². The van der Waals surface area contributed by atoms with Gasteiger partial charge in [-0.2, -0.15) is 0 Å². The Morgan fingerprint density at radius 1 is 1.18 bits per heavy atom. The van der Waals surface area contributed by atoms with E-state index in [-0.39, 0.29) is 0 Å². The van der Waals surface area contributed by atoms with E-state index < -0.39 is 29.6 Å². The molecule has 0 bridgehead atoms. The van der Waals surface area contributed by atoms with Crippen LogP contribution in [0.1, 0.15) is 20.8 Å². The Balaban J connectivity index is 2.05. The van der Waals surface area contributed by atoms with Crippen molar-refractivity contribution in [3.05, 3.63) is 24.3 Å². The zero-order chi connectivity index (χ0) is 16.3. The van der Waals surface area contributed by atoms with Gasteiger partial charge >= 0.3 is 11.9 Å². The van der Waals surface area contributed by atoms with Gasteiger partial charge in [0.2, 0.25) is 11.8 Å². The highest BCUT2D eigenvalue weighted by molar-refractivity contribution is 6.18. The minimum atomic E-state index is -1.63. The molecule has 1 saturated heterocycles. The number of esters is 2. The predicted molar refractivity (Wildman–Crippen MR) is 76.0 cm³/mol. The average Bonchev–Trinajstić information content (AvgIpc) is 2.39. The van der Waals surface area contributed by atoms with Crippen LogP contribution in [-0.4, -0.2) is 30.2 Å². The number of hydrogen-bond donors (Lipinski definition) is 1. The van der Waals surface area contributed by atoms with Crippen LogP contribution in [0.3, 0.4) is 0 Å². The number of rotatable bonds is 4. The van der Waals surface area contributed by atoms with Crippen molar-refractivity contribution < 1.29 is 28.6 Å². The Morgan fingerprint density at radius 3 is 2.23 bits per heavy atom. The summed E-state index contributed by atoms with van der Waals surface area (Å²) in [4.78, 5) is 35.6. The van der Waals surface area contributed by atoms with Gasteiger partial charge in [0.1, 0.15) is 5.75 Å². The molecule has 1 aliphatic rings. The third kappa shape index (κ3) is 3.55. The minimum Gasteiger partial charge on any atom is -0.494 e. The SMILES string of the molecule is CCOc1ccc(NC(=O)C2C(=O)OC(C)(C)OC2=O)cc1. The van der Waals surface area contributed by atoms with Crippen molar-refractivity contribution in [1.29, 1.82) is 0 Å². The van der Waals surface area contributed by atoms with Crippen molar-refractivity contribution in [2.45, 2.75) is 26.6 Å². The smallest absolute Gasteiger partial charge is 0.333 e. The molecule has 1 heterocycles. The molecule has 118 valence electrons. The van der Waals surface area contributed by atoms with Gasteiger partial charge < -0.3 is 19.5 Å². The Hall–Kier alpha value is -2.57. The molecule has 0 aromatic heterocycles. The third-order valence-corrected chi connectivity index (χ3v) is 2.86. The number of ether oxygens (including phenoxy) is 3. The Labute approximate surface area is 127 Å². The van der Waals surface area contributed by atoms with Crippen LogP contribution in [0.25, 0.3) is 0 Å². The molecular weight excluding hydrogens is 290 g/mol. The van der Waals surface area contributed by atoms with E-state index >= 15 is 0 Å². The number of benzene rings is 1. The van der Waals surface area contributed by atoms with Gasteiger partial charge in [-0.15, -0.1) is 0 Å². The second-order valence-electron chi connectivity index (χ2n) is 5.12. The maximum atomic E-state index is 12.1. The molecule has 0 radical (unpaired) electrons. The molecule has 7 heteroatoms. The fourth-order valence-electron chi connectivity index (χ4n) is 1.95. The Morgan fingerprint density at radius 2 is 1.73 bits per heavy atom. The summed E-state index contributed by atoms with van der Waals surface area (Å²) in [6.07, 6.45) is 0. The Kier molecular flexibility index (Phi) is 4.35. The van der Waals surface area contributed by atoms with E-state index in [1.807, 2.05) is 6.92 Å². The first-order valence-electron chi connectivity index (χ1n) is 6.82. The van der Waals surface area contributed by atoms with E-state index in [2.05, 4.69) is 5.32 Å². The zero-order valence-corrected chi connectivity index (χ0v) is 12.5. The number of carbonyl (C=O) groups excluding carboxylic acids is 3. The van der Waals surface area contributed by atoms with Gasteiger partial charge in [0.15, 0.2) is 0 Å². The van der Waals surface area contributed by atoms with Crippen LogP contribution in [0.2, 0.25) is 0 Å². The van der Waals surface area contributed by atoms with Crippen LogP contribution in [0.5, 0.6) is 5.75 Å². The maximum absolute atomic E-state index is 12.1. The monoisotopic (exact) mass is 307 g/mol. The van der Waals surface area contributed by atoms with Crippen LogP contribution < -0.4 is 10.1 Å². The predicted octanol–water partition coefficient (Wildman–Crippen LogP) is 1.48. The summed E-state index contributed by atoms with van der Waals surface area (Å²) in [5, 5.41) is 2.47. The van der Waals surface area contributed by atoms with Crippen molar-refractivity contribution >= 4 is 23.5 Å². The topological polar surface area (TPSA) is 90.9 Å². The van der Waals surface area contributed by atoms with Crippen LogP contribution in [0, 0.1) is 5.92 Å². The lowest BCUT2D eigenvalue weighted by Gasteiger charge is -2.32. The van der Waals surface area contributed by atoms with Crippen molar-refractivity contribution in [2.24, 2.45) is 5.92 Å². The summed E-state index contributed by atoms with van der Waals surface area (Å²) in [6.45, 7) is 5.23. The molecule has 0 saturated carbocycles. The molecule has 1 N–H and O–H groups in total. The Bertz CT molecular complexity index is 573. The lowest BCUT2D eigenvalue weighted by molar-refractivity contribution is -0.238. The van der Waals surface area contributed by atoms with E-state index in [1.54, 1.807) is 24.3 Å². The fourth-order valence-corrected chi connectivity index (χ4v) is 1.95. The number of anilines is 1. The fraction of sp³-hybridized carbons (Fsp3) is 0.400. The molecule has 22 heavy (non-hydrogen) atoms. The highest BCUT2D eigenvalue weighted by Gasteiger charge is 2.47. The van der Waals surface area contributed by atoms with E-state index in [0.29, 0.717) is 18.0 Å². The summed E-state index contributed by atoms with van der Waals surface area (Å²) >= 11 is 0. The number of cyclic esters (lactones) is 2. The van der Waals surface area contributed by atoms with Gasteiger partial charge in [0, 0.05) is 19.5 Å². The summed E-state index contributed by atoms with van der Waals surface area (Å²) in [7, 11) is 0. The molecule has 1 amide bonds. The van der Waals surface area contributed by atoms with Gasteiger partial charge in [-0.25, -0.2) is 0 Å². The van der Waals surface area contributed by atoms with Gasteiger partial charge in [0.25, 0.3) is 5.79 Å². The quantitative estimate of drug-likeness (QED) is 0.669. The standard InChI is InChI=1S/C15H17NO6/c1-4-20-10-7-5-9(6-8-10)16-12(17)11-13(18)21-15(2,3)22-14(11)19/h5-8,11H,4H2,1-3H3,(H,16,17). The molecule has 0 aliphatic carbocycles. The minimum absolute atomic E-state index is 0.430. The summed E-state index contributed by atoms with van der Waals surface area (Å²) in [6, 6.07) is 6.54. The number of hydrogen-bond acceptors (Lipinski definition) is 6. The molecule has 1 aliphatic heterocycles. The highest BCUT2D eigenvalue weighted by Crippen LogP contribution is 2.24. The third-order valence-electron chi connectivity index (χ3n) is 2.86. The molecule has 1 fully saturated rings. The molecule has 0 atom stereocenters. The first-order valence-corrected chi connectivity index (χ1v) is 6.82. The first-order chi connectivity index (χ1) is 10.3. The zero-order valence-electron chi connectivity index (χ0n) is 12.5. The van der Waals surface area contributed by atoms with Crippen molar-refractivity contribution in [3.8, 4) is 5.75 Å². The van der Waals surface area contributed by atoms with Gasteiger partial charge in [-0.05, 0) is 31.2 Å². The highest BCUT2D eigenvalue weighted by atomic mass is 16.7. The van der Waals surface area contributed by atoms with Crippen LogP contribution in [0.4, 0.5) is 5.69 Å².